The van der Waals surface area contributed by atoms with Gasteiger partial charge >= 0.3 is 5.97 Å². The van der Waals surface area contributed by atoms with Gasteiger partial charge in [0.15, 0.2) is 0 Å². The predicted molar refractivity (Wildman–Crippen MR) is 76.4 cm³/mol. The SMILES string of the molecule is CCCCCCOC(=O)c1ccc(NCCO)cc1. The number of unbranched alkanes of at least 4 members (excludes halogenated alkanes) is 3. The summed E-state index contributed by atoms with van der Waals surface area (Å²) in [5, 5.41) is 11.7. The van der Waals surface area contributed by atoms with Crippen LogP contribution >= 0.6 is 0 Å². The molecule has 0 unspecified atom stereocenters. The average Bonchev–Trinajstić information content (AvgIpc) is 2.45. The Bertz CT molecular complexity index is 362. The second-order valence-electron chi connectivity index (χ2n) is 4.42. The molecule has 0 heterocycles. The molecule has 19 heavy (non-hydrogen) atoms. The maximum absolute atomic E-state index is 11.7. The highest BCUT2D eigenvalue weighted by atomic mass is 16.5. The molecule has 0 aliphatic rings. The Balaban J connectivity index is 2.32. The van der Waals surface area contributed by atoms with E-state index >= 15 is 0 Å². The summed E-state index contributed by atoms with van der Waals surface area (Å²) >= 11 is 0. The monoisotopic (exact) mass is 265 g/mol. The Kier molecular flexibility index (Phi) is 7.66. The molecule has 0 fully saturated rings. The fraction of sp³-hybridized carbons (Fsp3) is 0.533. The molecule has 0 aliphatic carbocycles. The van der Waals surface area contributed by atoms with Gasteiger partial charge in [-0.3, -0.25) is 0 Å². The minimum absolute atomic E-state index is 0.0849. The van der Waals surface area contributed by atoms with E-state index in [1.165, 1.54) is 12.8 Å². The van der Waals surface area contributed by atoms with Crippen molar-refractivity contribution in [2.24, 2.45) is 0 Å². The number of benzene rings is 1. The number of rotatable bonds is 9. The number of ether oxygens (including phenoxy) is 1. The summed E-state index contributed by atoms with van der Waals surface area (Å²) in [6, 6.07) is 7.08. The Hall–Kier alpha value is -1.55. The lowest BCUT2D eigenvalue weighted by atomic mass is 10.2. The lowest BCUT2D eigenvalue weighted by molar-refractivity contribution is 0.0498. The molecular formula is C15H23NO3. The summed E-state index contributed by atoms with van der Waals surface area (Å²) in [7, 11) is 0. The van der Waals surface area contributed by atoms with Gasteiger partial charge in [0.1, 0.15) is 0 Å². The molecule has 0 amide bonds. The second-order valence-corrected chi connectivity index (χ2v) is 4.42. The first-order valence-corrected chi connectivity index (χ1v) is 6.90. The van der Waals surface area contributed by atoms with E-state index in [1.54, 1.807) is 12.1 Å². The normalized spacial score (nSPS) is 10.2. The number of hydrogen-bond acceptors (Lipinski definition) is 4. The number of hydrogen-bond donors (Lipinski definition) is 2. The maximum Gasteiger partial charge on any atom is 0.338 e. The first-order chi connectivity index (χ1) is 9.27. The zero-order valence-corrected chi connectivity index (χ0v) is 11.5. The maximum atomic E-state index is 11.7. The molecule has 0 saturated carbocycles. The van der Waals surface area contributed by atoms with Gasteiger partial charge in [0.25, 0.3) is 0 Å². The predicted octanol–water partition coefficient (Wildman–Crippen LogP) is 2.83. The summed E-state index contributed by atoms with van der Waals surface area (Å²) in [6.45, 7) is 3.23. The lowest BCUT2D eigenvalue weighted by Crippen LogP contribution is -2.08. The van der Waals surface area contributed by atoms with E-state index in [0.29, 0.717) is 18.7 Å². The molecule has 1 aromatic carbocycles. The third-order valence-corrected chi connectivity index (χ3v) is 2.79. The third-order valence-electron chi connectivity index (χ3n) is 2.79. The molecule has 4 heteroatoms. The Labute approximate surface area is 114 Å². The molecule has 106 valence electrons. The molecule has 2 N–H and O–H groups in total. The average molecular weight is 265 g/mol. The molecular weight excluding hydrogens is 242 g/mol. The summed E-state index contributed by atoms with van der Waals surface area (Å²) in [5.41, 5.74) is 1.44. The summed E-state index contributed by atoms with van der Waals surface area (Å²) in [4.78, 5) is 11.7. The molecule has 0 spiro atoms. The minimum atomic E-state index is -0.273. The van der Waals surface area contributed by atoms with Crippen molar-refractivity contribution in [3.63, 3.8) is 0 Å². The van der Waals surface area contributed by atoms with E-state index in [0.717, 1.165) is 18.5 Å². The molecule has 0 saturated heterocycles. The highest BCUT2D eigenvalue weighted by Gasteiger charge is 2.06. The van der Waals surface area contributed by atoms with Crippen LogP contribution in [0.4, 0.5) is 5.69 Å². The summed E-state index contributed by atoms with van der Waals surface area (Å²) < 4.78 is 5.20. The van der Waals surface area contributed by atoms with Crippen molar-refractivity contribution in [2.75, 3.05) is 25.1 Å². The van der Waals surface area contributed by atoms with E-state index in [1.807, 2.05) is 12.1 Å². The van der Waals surface area contributed by atoms with Crippen LogP contribution in [0.25, 0.3) is 0 Å². The van der Waals surface area contributed by atoms with Gasteiger partial charge in [0, 0.05) is 12.2 Å². The molecule has 0 aliphatic heterocycles. The van der Waals surface area contributed by atoms with Crippen molar-refractivity contribution in [1.82, 2.24) is 0 Å². The standard InChI is InChI=1S/C15H23NO3/c1-2-3-4-5-12-19-15(18)13-6-8-14(9-7-13)16-10-11-17/h6-9,16-17H,2-5,10-12H2,1H3. The Morgan fingerprint density at radius 3 is 2.58 bits per heavy atom. The Morgan fingerprint density at radius 2 is 1.95 bits per heavy atom. The van der Waals surface area contributed by atoms with Gasteiger partial charge < -0.3 is 15.2 Å². The summed E-state index contributed by atoms with van der Waals surface area (Å²) in [6.07, 6.45) is 4.39. The van der Waals surface area contributed by atoms with Crippen LogP contribution in [-0.2, 0) is 4.74 Å². The van der Waals surface area contributed by atoms with Crippen LogP contribution in [0, 0.1) is 0 Å². The third kappa shape index (κ3) is 6.25. The van der Waals surface area contributed by atoms with Gasteiger partial charge in [0.2, 0.25) is 0 Å². The van der Waals surface area contributed by atoms with Crippen molar-refractivity contribution in [1.29, 1.82) is 0 Å². The number of esters is 1. The van der Waals surface area contributed by atoms with Crippen LogP contribution in [0.3, 0.4) is 0 Å². The van der Waals surface area contributed by atoms with Crippen LogP contribution in [0.2, 0.25) is 0 Å². The van der Waals surface area contributed by atoms with Gasteiger partial charge in [-0.05, 0) is 30.7 Å². The molecule has 1 aromatic rings. The van der Waals surface area contributed by atoms with E-state index < -0.39 is 0 Å². The van der Waals surface area contributed by atoms with Gasteiger partial charge in [-0.2, -0.15) is 0 Å². The number of anilines is 1. The number of carbonyl (C=O) groups is 1. The van der Waals surface area contributed by atoms with E-state index in [2.05, 4.69) is 12.2 Å². The van der Waals surface area contributed by atoms with Crippen molar-refractivity contribution < 1.29 is 14.6 Å². The fourth-order valence-electron chi connectivity index (χ4n) is 1.70. The zero-order chi connectivity index (χ0) is 13.9. The van der Waals surface area contributed by atoms with Crippen LogP contribution in [-0.4, -0.2) is 30.8 Å². The van der Waals surface area contributed by atoms with Crippen LogP contribution in [0.5, 0.6) is 0 Å². The van der Waals surface area contributed by atoms with Gasteiger partial charge in [-0.15, -0.1) is 0 Å². The fourth-order valence-corrected chi connectivity index (χ4v) is 1.70. The van der Waals surface area contributed by atoms with Crippen molar-refractivity contribution in [2.45, 2.75) is 32.6 Å². The smallest absolute Gasteiger partial charge is 0.338 e. The first kappa shape index (κ1) is 15.5. The first-order valence-electron chi connectivity index (χ1n) is 6.90. The van der Waals surface area contributed by atoms with Gasteiger partial charge in [-0.25, -0.2) is 4.79 Å². The highest BCUT2D eigenvalue weighted by Crippen LogP contribution is 2.10. The number of aliphatic hydroxyl groups excluding tert-OH is 1. The van der Waals surface area contributed by atoms with Crippen LogP contribution in [0.1, 0.15) is 43.0 Å². The molecule has 0 aromatic heterocycles. The highest BCUT2D eigenvalue weighted by molar-refractivity contribution is 5.89. The van der Waals surface area contributed by atoms with Gasteiger partial charge in [0.05, 0.1) is 18.8 Å². The number of aliphatic hydroxyl groups is 1. The molecule has 4 nitrogen and oxygen atoms in total. The minimum Gasteiger partial charge on any atom is -0.462 e. The van der Waals surface area contributed by atoms with E-state index in [4.69, 9.17) is 9.84 Å². The van der Waals surface area contributed by atoms with Crippen LogP contribution in [0.15, 0.2) is 24.3 Å². The number of carbonyl (C=O) groups excluding carboxylic acids is 1. The van der Waals surface area contributed by atoms with Crippen molar-refractivity contribution in [3.8, 4) is 0 Å². The van der Waals surface area contributed by atoms with E-state index in [-0.39, 0.29) is 12.6 Å². The molecule has 0 radical (unpaired) electrons. The molecule has 1 rings (SSSR count). The number of nitrogens with one attached hydrogen (secondary N) is 1. The molecule has 0 atom stereocenters. The lowest BCUT2D eigenvalue weighted by Gasteiger charge is -2.07. The van der Waals surface area contributed by atoms with Crippen molar-refractivity contribution >= 4 is 11.7 Å². The van der Waals surface area contributed by atoms with Crippen molar-refractivity contribution in [3.05, 3.63) is 29.8 Å². The van der Waals surface area contributed by atoms with E-state index in [9.17, 15) is 4.79 Å². The van der Waals surface area contributed by atoms with Crippen LogP contribution < -0.4 is 5.32 Å². The zero-order valence-electron chi connectivity index (χ0n) is 11.5. The molecule has 0 bridgehead atoms. The summed E-state index contributed by atoms with van der Waals surface area (Å²) in [5.74, 6) is -0.273. The Morgan fingerprint density at radius 1 is 1.21 bits per heavy atom. The quantitative estimate of drug-likeness (QED) is 0.532. The topological polar surface area (TPSA) is 58.6 Å². The largest absolute Gasteiger partial charge is 0.462 e. The van der Waals surface area contributed by atoms with Gasteiger partial charge in [-0.1, -0.05) is 26.2 Å². The second kappa shape index (κ2) is 9.39.